The van der Waals surface area contributed by atoms with Crippen LogP contribution in [0.25, 0.3) is 0 Å². The molecule has 110 valence electrons. The first kappa shape index (κ1) is 15.5. The van der Waals surface area contributed by atoms with Gasteiger partial charge in [-0.2, -0.15) is 13.2 Å². The molecule has 0 bridgehead atoms. The summed E-state index contributed by atoms with van der Waals surface area (Å²) in [5.74, 6) is 0.0692. The minimum atomic E-state index is -4.65. The summed E-state index contributed by atoms with van der Waals surface area (Å²) in [6, 6.07) is 8.79. The Morgan fingerprint density at radius 1 is 1.14 bits per heavy atom. The lowest BCUT2D eigenvalue weighted by Crippen LogP contribution is -2.06. The largest absolute Gasteiger partial charge is 0.450 e. The van der Waals surface area contributed by atoms with Gasteiger partial charge in [-0.3, -0.25) is 10.1 Å². The Labute approximate surface area is 130 Å². The molecule has 2 aromatic rings. The average molecular weight is 409 g/mol. The van der Waals surface area contributed by atoms with Crippen molar-refractivity contribution in [2.45, 2.75) is 6.18 Å². The monoisotopic (exact) mass is 409 g/mol. The summed E-state index contributed by atoms with van der Waals surface area (Å²) < 4.78 is 43.9. The highest BCUT2D eigenvalue weighted by Crippen LogP contribution is 2.37. The van der Waals surface area contributed by atoms with Gasteiger partial charge in [-0.15, -0.1) is 0 Å². The van der Waals surface area contributed by atoms with Gasteiger partial charge in [-0.25, -0.2) is 0 Å². The van der Waals surface area contributed by atoms with Crippen molar-refractivity contribution in [3.05, 3.63) is 61.7 Å². The summed E-state index contributed by atoms with van der Waals surface area (Å²) in [4.78, 5) is 10.0. The van der Waals surface area contributed by atoms with Crippen LogP contribution >= 0.6 is 22.6 Å². The molecule has 0 heterocycles. The van der Waals surface area contributed by atoms with Gasteiger partial charge >= 0.3 is 11.9 Å². The van der Waals surface area contributed by atoms with Crippen LogP contribution in [0.15, 0.2) is 42.5 Å². The number of nitro groups is 1. The quantitative estimate of drug-likeness (QED) is 0.407. The lowest BCUT2D eigenvalue weighted by Gasteiger charge is -2.10. The van der Waals surface area contributed by atoms with Crippen molar-refractivity contribution >= 4 is 28.3 Å². The standard InChI is InChI=1S/C13H7F3INO3/c14-13(15,16)8-4-5-12(11(6-8)18(19)20)21-10-3-1-2-9(17)7-10/h1-7H. The summed E-state index contributed by atoms with van der Waals surface area (Å²) >= 11 is 2.02. The van der Waals surface area contributed by atoms with Crippen LogP contribution in [0.4, 0.5) is 18.9 Å². The Hall–Kier alpha value is -1.84. The molecule has 2 rings (SSSR count). The molecule has 0 saturated carbocycles. The van der Waals surface area contributed by atoms with Crippen molar-refractivity contribution in [2.75, 3.05) is 0 Å². The summed E-state index contributed by atoms with van der Waals surface area (Å²) in [5, 5.41) is 10.9. The Morgan fingerprint density at radius 3 is 2.43 bits per heavy atom. The molecule has 4 nitrogen and oxygen atoms in total. The first-order valence-electron chi connectivity index (χ1n) is 5.56. The average Bonchev–Trinajstić information content (AvgIpc) is 2.37. The van der Waals surface area contributed by atoms with Crippen LogP contribution in [-0.2, 0) is 6.18 Å². The summed E-state index contributed by atoms with van der Waals surface area (Å²) in [6.07, 6.45) is -4.65. The van der Waals surface area contributed by atoms with Crippen LogP contribution in [0.2, 0.25) is 0 Å². The van der Waals surface area contributed by atoms with E-state index in [1.165, 1.54) is 0 Å². The molecule has 0 N–H and O–H groups in total. The minimum absolute atomic E-state index is 0.241. The number of ether oxygens (including phenoxy) is 1. The maximum Gasteiger partial charge on any atom is 0.416 e. The van der Waals surface area contributed by atoms with Crippen molar-refractivity contribution in [2.24, 2.45) is 0 Å². The van der Waals surface area contributed by atoms with E-state index >= 15 is 0 Å². The highest BCUT2D eigenvalue weighted by molar-refractivity contribution is 14.1. The molecule has 0 aliphatic rings. The van der Waals surface area contributed by atoms with Crippen LogP contribution in [0.5, 0.6) is 11.5 Å². The number of rotatable bonds is 3. The second-order valence-electron chi connectivity index (χ2n) is 4.00. The smallest absolute Gasteiger partial charge is 0.416 e. The number of halogens is 4. The molecular formula is C13H7F3INO3. The van der Waals surface area contributed by atoms with E-state index in [0.717, 1.165) is 15.7 Å². The van der Waals surface area contributed by atoms with E-state index in [0.29, 0.717) is 11.8 Å². The SMILES string of the molecule is O=[N+]([O-])c1cc(C(F)(F)F)ccc1Oc1cccc(I)c1. The van der Waals surface area contributed by atoms with Crippen molar-refractivity contribution in [1.29, 1.82) is 0 Å². The summed E-state index contributed by atoms with van der Waals surface area (Å²) in [6.45, 7) is 0. The molecule has 0 fully saturated rings. The van der Waals surface area contributed by atoms with Crippen LogP contribution < -0.4 is 4.74 Å². The minimum Gasteiger partial charge on any atom is -0.450 e. The molecule has 0 unspecified atom stereocenters. The van der Waals surface area contributed by atoms with Crippen molar-refractivity contribution in [3.8, 4) is 11.5 Å². The molecule has 0 atom stereocenters. The van der Waals surface area contributed by atoms with Gasteiger partial charge < -0.3 is 4.74 Å². The van der Waals surface area contributed by atoms with Crippen LogP contribution in [0, 0.1) is 13.7 Å². The number of benzene rings is 2. The first-order chi connectivity index (χ1) is 9.77. The van der Waals surface area contributed by atoms with E-state index in [-0.39, 0.29) is 5.75 Å². The second-order valence-corrected chi connectivity index (χ2v) is 5.24. The predicted octanol–water partition coefficient (Wildman–Crippen LogP) is 5.01. The predicted molar refractivity (Wildman–Crippen MR) is 77.3 cm³/mol. The van der Waals surface area contributed by atoms with Crippen molar-refractivity contribution in [3.63, 3.8) is 0 Å². The molecular weight excluding hydrogens is 402 g/mol. The molecule has 0 radical (unpaired) electrons. The normalized spacial score (nSPS) is 11.2. The molecule has 0 amide bonds. The Morgan fingerprint density at radius 2 is 1.86 bits per heavy atom. The van der Waals surface area contributed by atoms with E-state index in [9.17, 15) is 23.3 Å². The third-order valence-electron chi connectivity index (χ3n) is 2.51. The van der Waals surface area contributed by atoms with Gasteiger partial charge in [0.15, 0.2) is 0 Å². The zero-order valence-electron chi connectivity index (χ0n) is 10.2. The van der Waals surface area contributed by atoms with Gasteiger partial charge in [0, 0.05) is 9.64 Å². The van der Waals surface area contributed by atoms with E-state index in [4.69, 9.17) is 4.74 Å². The molecule has 0 aliphatic heterocycles. The summed E-state index contributed by atoms with van der Waals surface area (Å²) in [5.41, 5.74) is -1.83. The third kappa shape index (κ3) is 3.84. The molecule has 2 aromatic carbocycles. The second kappa shape index (κ2) is 5.88. The third-order valence-corrected chi connectivity index (χ3v) is 3.18. The number of alkyl halides is 3. The van der Waals surface area contributed by atoms with E-state index < -0.39 is 22.4 Å². The van der Waals surface area contributed by atoms with Gasteiger partial charge in [0.25, 0.3) is 0 Å². The molecule has 0 saturated heterocycles. The highest BCUT2D eigenvalue weighted by atomic mass is 127. The van der Waals surface area contributed by atoms with E-state index in [2.05, 4.69) is 0 Å². The molecule has 0 aromatic heterocycles. The van der Waals surface area contributed by atoms with E-state index in [1.54, 1.807) is 24.3 Å². The number of nitrogens with zero attached hydrogens (tertiary/aromatic N) is 1. The van der Waals surface area contributed by atoms with Crippen LogP contribution in [0.3, 0.4) is 0 Å². The highest BCUT2D eigenvalue weighted by Gasteiger charge is 2.33. The topological polar surface area (TPSA) is 52.4 Å². The van der Waals surface area contributed by atoms with Gasteiger partial charge in [0.2, 0.25) is 5.75 Å². The van der Waals surface area contributed by atoms with Crippen LogP contribution in [-0.4, -0.2) is 4.92 Å². The van der Waals surface area contributed by atoms with Crippen molar-refractivity contribution in [1.82, 2.24) is 0 Å². The van der Waals surface area contributed by atoms with Gasteiger partial charge in [0.1, 0.15) is 5.75 Å². The summed E-state index contributed by atoms with van der Waals surface area (Å²) in [7, 11) is 0. The Kier molecular flexibility index (Phi) is 4.35. The number of hydrogen-bond acceptors (Lipinski definition) is 3. The fraction of sp³-hybridized carbons (Fsp3) is 0.0769. The Bertz CT molecular complexity index is 689. The van der Waals surface area contributed by atoms with E-state index in [1.807, 2.05) is 22.6 Å². The maximum atomic E-state index is 12.6. The zero-order chi connectivity index (χ0) is 15.6. The van der Waals surface area contributed by atoms with Crippen molar-refractivity contribution < 1.29 is 22.8 Å². The van der Waals surface area contributed by atoms with Gasteiger partial charge in [-0.05, 0) is 52.9 Å². The number of nitro benzene ring substituents is 1. The Balaban J connectivity index is 2.42. The van der Waals surface area contributed by atoms with Crippen LogP contribution in [0.1, 0.15) is 5.56 Å². The molecule has 21 heavy (non-hydrogen) atoms. The molecule has 8 heteroatoms. The maximum absolute atomic E-state index is 12.6. The molecule has 0 aliphatic carbocycles. The fourth-order valence-corrected chi connectivity index (χ4v) is 2.09. The number of hydrogen-bond donors (Lipinski definition) is 0. The first-order valence-corrected chi connectivity index (χ1v) is 6.64. The zero-order valence-corrected chi connectivity index (χ0v) is 12.4. The fourth-order valence-electron chi connectivity index (χ4n) is 1.58. The lowest BCUT2D eigenvalue weighted by molar-refractivity contribution is -0.385. The van der Waals surface area contributed by atoms with Gasteiger partial charge in [0.05, 0.1) is 10.5 Å². The lowest BCUT2D eigenvalue weighted by atomic mass is 10.2. The molecule has 0 spiro atoms. The van der Waals surface area contributed by atoms with Gasteiger partial charge in [-0.1, -0.05) is 6.07 Å².